The average molecular weight is 485 g/mol. The van der Waals surface area contributed by atoms with Crippen molar-refractivity contribution in [3.8, 4) is 0 Å². The molecular weight excluding hydrogens is 456 g/mol. The molecule has 0 spiro atoms. The normalized spacial score (nSPS) is 12.6. The Hall–Kier alpha value is -3.31. The van der Waals surface area contributed by atoms with Gasteiger partial charge in [0.15, 0.2) is 0 Å². The molecule has 2 aromatic heterocycles. The molecule has 6 aromatic rings. The SMILES string of the molecule is CCCCCCCCS(=O)(=O)c1cc2c(ccc3c2ccc2c4ccc5occc5c4ccc32)o1. The quantitative estimate of drug-likeness (QED) is 0.160. The molecule has 0 bridgehead atoms. The Labute approximate surface area is 204 Å². The minimum Gasteiger partial charge on any atom is -0.464 e. The number of rotatable bonds is 8. The lowest BCUT2D eigenvalue weighted by atomic mass is 9.95. The monoisotopic (exact) mass is 484 g/mol. The van der Waals surface area contributed by atoms with Gasteiger partial charge in [-0.1, -0.05) is 75.4 Å². The Kier molecular flexibility index (Phi) is 5.53. The van der Waals surface area contributed by atoms with Gasteiger partial charge in [-0.2, -0.15) is 0 Å². The topological polar surface area (TPSA) is 60.4 Å². The summed E-state index contributed by atoms with van der Waals surface area (Å²) in [6, 6.07) is 20.3. The number of sulfone groups is 1. The average Bonchev–Trinajstić information content (AvgIpc) is 3.53. The lowest BCUT2D eigenvalue weighted by molar-refractivity contribution is 0.480. The Morgan fingerprint density at radius 3 is 1.83 bits per heavy atom. The predicted octanol–water partition coefficient (Wildman–Crippen LogP) is 8.77. The molecule has 0 saturated heterocycles. The van der Waals surface area contributed by atoms with Crippen molar-refractivity contribution in [3.63, 3.8) is 0 Å². The fourth-order valence-electron chi connectivity index (χ4n) is 5.31. The predicted molar refractivity (Wildman–Crippen MR) is 144 cm³/mol. The second kappa shape index (κ2) is 8.72. The van der Waals surface area contributed by atoms with Crippen molar-refractivity contribution in [2.75, 3.05) is 5.75 Å². The van der Waals surface area contributed by atoms with Crippen molar-refractivity contribution >= 4 is 64.1 Å². The van der Waals surface area contributed by atoms with E-state index in [2.05, 4.69) is 37.3 Å². The van der Waals surface area contributed by atoms with Crippen molar-refractivity contribution in [1.82, 2.24) is 0 Å². The summed E-state index contributed by atoms with van der Waals surface area (Å²) in [5.41, 5.74) is 1.49. The van der Waals surface area contributed by atoms with E-state index in [-0.39, 0.29) is 10.8 Å². The standard InChI is InChI=1S/C30H28O4S/c1-2-3-4-5-6-7-18-35(31,32)30-19-27-25-11-9-20-21(23(25)13-15-29(27)34-30)8-10-24-22(20)12-14-28-26(24)16-17-33-28/h8-17,19H,2-7,18H2,1H3. The fraction of sp³-hybridized carbons (Fsp3) is 0.267. The maximum absolute atomic E-state index is 13.0. The molecule has 0 N–H and O–H groups in total. The van der Waals surface area contributed by atoms with Crippen LogP contribution < -0.4 is 0 Å². The number of unbranched alkanes of at least 4 members (excludes halogenated alkanes) is 5. The number of hydrogen-bond acceptors (Lipinski definition) is 4. The summed E-state index contributed by atoms with van der Waals surface area (Å²) in [6.45, 7) is 2.18. The molecule has 0 saturated carbocycles. The zero-order valence-electron chi connectivity index (χ0n) is 19.8. The van der Waals surface area contributed by atoms with Gasteiger partial charge in [-0.15, -0.1) is 0 Å². The molecule has 0 amide bonds. The lowest BCUT2D eigenvalue weighted by Crippen LogP contribution is -2.05. The van der Waals surface area contributed by atoms with E-state index in [1.54, 1.807) is 12.3 Å². The summed E-state index contributed by atoms with van der Waals surface area (Å²) < 4.78 is 37.4. The molecule has 0 aliphatic rings. The van der Waals surface area contributed by atoms with Crippen molar-refractivity contribution in [3.05, 3.63) is 66.9 Å². The summed E-state index contributed by atoms with van der Waals surface area (Å²) in [5, 5.41) is 8.76. The number of hydrogen-bond donors (Lipinski definition) is 0. The number of benzene rings is 4. The third-order valence-electron chi connectivity index (χ3n) is 7.17. The highest BCUT2D eigenvalue weighted by Crippen LogP contribution is 2.38. The van der Waals surface area contributed by atoms with Crippen molar-refractivity contribution < 1.29 is 17.3 Å². The van der Waals surface area contributed by atoms with Gasteiger partial charge < -0.3 is 8.83 Å². The molecule has 178 valence electrons. The van der Waals surface area contributed by atoms with Crippen molar-refractivity contribution in [2.45, 2.75) is 50.5 Å². The first-order valence-corrected chi connectivity index (χ1v) is 14.1. The lowest BCUT2D eigenvalue weighted by Gasteiger charge is -2.08. The molecule has 6 rings (SSSR count). The number of furan rings is 2. The molecule has 35 heavy (non-hydrogen) atoms. The van der Waals surface area contributed by atoms with Crippen molar-refractivity contribution in [1.29, 1.82) is 0 Å². The van der Waals surface area contributed by atoms with Crippen LogP contribution in [0.25, 0.3) is 54.3 Å². The molecule has 0 aliphatic heterocycles. The van der Waals surface area contributed by atoms with E-state index in [9.17, 15) is 8.42 Å². The van der Waals surface area contributed by atoms with Crippen LogP contribution in [0.3, 0.4) is 0 Å². The summed E-state index contributed by atoms with van der Waals surface area (Å²) in [5.74, 6) is 0.133. The molecule has 0 atom stereocenters. The van der Waals surface area contributed by atoms with E-state index in [0.29, 0.717) is 12.0 Å². The van der Waals surface area contributed by atoms with Gasteiger partial charge >= 0.3 is 0 Å². The first-order chi connectivity index (χ1) is 17.1. The molecule has 2 heterocycles. The Balaban J connectivity index is 1.40. The van der Waals surface area contributed by atoms with Gasteiger partial charge in [0.1, 0.15) is 11.2 Å². The highest BCUT2D eigenvalue weighted by Gasteiger charge is 2.21. The van der Waals surface area contributed by atoms with Gasteiger partial charge in [0.2, 0.25) is 14.9 Å². The summed E-state index contributed by atoms with van der Waals surface area (Å²) >= 11 is 0. The minimum atomic E-state index is -3.45. The Morgan fingerprint density at radius 2 is 1.14 bits per heavy atom. The molecule has 0 aliphatic carbocycles. The van der Waals surface area contributed by atoms with E-state index in [4.69, 9.17) is 8.83 Å². The highest BCUT2D eigenvalue weighted by atomic mass is 32.2. The van der Waals surface area contributed by atoms with Crippen molar-refractivity contribution in [2.24, 2.45) is 0 Å². The maximum Gasteiger partial charge on any atom is 0.219 e. The van der Waals surface area contributed by atoms with E-state index in [1.807, 2.05) is 24.3 Å². The van der Waals surface area contributed by atoms with E-state index in [1.165, 1.54) is 24.6 Å². The van der Waals surface area contributed by atoms with Crippen LogP contribution >= 0.6 is 0 Å². The summed E-state index contributed by atoms with van der Waals surface area (Å²) in [7, 11) is -3.45. The van der Waals surface area contributed by atoms with E-state index in [0.717, 1.165) is 56.1 Å². The van der Waals surface area contributed by atoms with Gasteiger partial charge in [0, 0.05) is 16.8 Å². The van der Waals surface area contributed by atoms with Crippen LogP contribution in [0.1, 0.15) is 45.4 Å². The molecule has 0 unspecified atom stereocenters. The van der Waals surface area contributed by atoms with Gasteiger partial charge in [-0.25, -0.2) is 8.42 Å². The van der Waals surface area contributed by atoms with E-state index >= 15 is 0 Å². The molecule has 4 aromatic carbocycles. The highest BCUT2D eigenvalue weighted by molar-refractivity contribution is 7.91. The van der Waals surface area contributed by atoms with Crippen LogP contribution in [0, 0.1) is 0 Å². The summed E-state index contributed by atoms with van der Waals surface area (Å²) in [4.78, 5) is 0. The molecular formula is C30H28O4S. The number of fused-ring (bicyclic) bond motifs is 9. The maximum atomic E-state index is 13.0. The Bertz CT molecular complexity index is 1800. The van der Waals surface area contributed by atoms with Gasteiger partial charge in [0.25, 0.3) is 0 Å². The minimum absolute atomic E-state index is 0.0783. The fourth-order valence-corrected chi connectivity index (χ4v) is 6.61. The smallest absolute Gasteiger partial charge is 0.219 e. The first kappa shape index (κ1) is 22.2. The first-order valence-electron chi connectivity index (χ1n) is 12.5. The zero-order valence-corrected chi connectivity index (χ0v) is 20.7. The van der Waals surface area contributed by atoms with Crippen LogP contribution in [0.5, 0.6) is 0 Å². The largest absolute Gasteiger partial charge is 0.464 e. The molecule has 0 fully saturated rings. The van der Waals surface area contributed by atoms with Crippen LogP contribution in [0.2, 0.25) is 0 Å². The second-order valence-corrected chi connectivity index (χ2v) is 11.5. The van der Waals surface area contributed by atoms with Crippen LogP contribution in [0.4, 0.5) is 0 Å². The van der Waals surface area contributed by atoms with Gasteiger partial charge in [0.05, 0.1) is 12.0 Å². The third-order valence-corrected chi connectivity index (χ3v) is 8.81. The third kappa shape index (κ3) is 3.79. The van der Waals surface area contributed by atoms with Crippen LogP contribution in [-0.4, -0.2) is 14.2 Å². The molecule has 4 nitrogen and oxygen atoms in total. The van der Waals surface area contributed by atoms with Crippen LogP contribution in [-0.2, 0) is 9.84 Å². The van der Waals surface area contributed by atoms with Crippen LogP contribution in [0.15, 0.2) is 80.9 Å². The zero-order chi connectivity index (χ0) is 24.0. The van der Waals surface area contributed by atoms with E-state index < -0.39 is 9.84 Å². The molecule has 5 heteroatoms. The second-order valence-electron chi connectivity index (χ2n) is 9.44. The Morgan fingerprint density at radius 1 is 0.600 bits per heavy atom. The summed E-state index contributed by atoms with van der Waals surface area (Å²) in [6.07, 6.45) is 7.99. The van der Waals surface area contributed by atoms with Gasteiger partial charge in [-0.05, 0) is 56.9 Å². The van der Waals surface area contributed by atoms with Gasteiger partial charge in [-0.3, -0.25) is 0 Å². The molecule has 0 radical (unpaired) electrons.